The van der Waals surface area contributed by atoms with Crippen molar-refractivity contribution in [2.45, 2.75) is 40.0 Å². The largest absolute Gasteiger partial charge is 0.291 e. The molecule has 1 saturated carbocycles. The highest BCUT2D eigenvalue weighted by atomic mass is 16.2. The van der Waals surface area contributed by atoms with Crippen LogP contribution in [-0.2, 0) is 9.59 Å². The van der Waals surface area contributed by atoms with E-state index in [0.717, 1.165) is 12.8 Å². The van der Waals surface area contributed by atoms with Crippen LogP contribution in [0.3, 0.4) is 0 Å². The minimum atomic E-state index is -0.257. The first-order chi connectivity index (χ1) is 5.54. The van der Waals surface area contributed by atoms with Crippen LogP contribution in [0.2, 0.25) is 0 Å². The normalized spacial score (nSPS) is 19.3. The van der Waals surface area contributed by atoms with E-state index >= 15 is 0 Å². The molecule has 0 aromatic carbocycles. The summed E-state index contributed by atoms with van der Waals surface area (Å²) in [5, 5.41) is 0. The quantitative estimate of drug-likeness (QED) is 0.601. The van der Waals surface area contributed by atoms with Gasteiger partial charge in [-0.2, -0.15) is 0 Å². The zero-order valence-corrected chi connectivity index (χ0v) is 8.02. The van der Waals surface area contributed by atoms with Crippen molar-refractivity contribution in [3.8, 4) is 0 Å². The molecule has 0 spiro atoms. The molecule has 1 rings (SSSR count). The van der Waals surface area contributed by atoms with E-state index in [-0.39, 0.29) is 17.0 Å². The van der Waals surface area contributed by atoms with Gasteiger partial charge in [-0.15, -0.1) is 0 Å². The van der Waals surface area contributed by atoms with Crippen LogP contribution >= 0.6 is 0 Å². The summed E-state index contributed by atoms with van der Waals surface area (Å²) in [6, 6.07) is 0. The highest BCUT2D eigenvalue weighted by Gasteiger charge is 2.53. The van der Waals surface area contributed by atoms with Crippen LogP contribution in [0.15, 0.2) is 0 Å². The fourth-order valence-corrected chi connectivity index (χ4v) is 1.64. The second-order valence-corrected chi connectivity index (χ2v) is 3.92. The Labute approximate surface area is 73.3 Å². The summed E-state index contributed by atoms with van der Waals surface area (Å²) in [7, 11) is 0. The number of ketones is 2. The van der Waals surface area contributed by atoms with E-state index in [1.54, 1.807) is 6.92 Å². The van der Waals surface area contributed by atoms with Crippen molar-refractivity contribution in [3.05, 3.63) is 0 Å². The molecule has 1 aliphatic rings. The van der Waals surface area contributed by atoms with Gasteiger partial charge in [0.2, 0.25) is 5.78 Å². The predicted octanol–water partition coefficient (Wildman–Crippen LogP) is 1.97. The highest BCUT2D eigenvalue weighted by Crippen LogP contribution is 2.52. The molecule has 0 bridgehead atoms. The second-order valence-electron chi connectivity index (χ2n) is 3.92. The first kappa shape index (κ1) is 9.43. The van der Waals surface area contributed by atoms with Gasteiger partial charge in [-0.25, -0.2) is 0 Å². The maximum absolute atomic E-state index is 11.6. The van der Waals surface area contributed by atoms with E-state index < -0.39 is 0 Å². The van der Waals surface area contributed by atoms with Crippen LogP contribution in [0.1, 0.15) is 40.0 Å². The Balaban J connectivity index is 2.70. The third-order valence-corrected chi connectivity index (χ3v) is 2.92. The van der Waals surface area contributed by atoms with Gasteiger partial charge in [-0.05, 0) is 18.8 Å². The Hall–Kier alpha value is -0.660. The zero-order chi connectivity index (χ0) is 9.35. The van der Waals surface area contributed by atoms with Crippen molar-refractivity contribution in [2.24, 2.45) is 11.3 Å². The molecule has 0 atom stereocenters. The second kappa shape index (κ2) is 3.00. The van der Waals surface area contributed by atoms with Crippen LogP contribution < -0.4 is 0 Å². The third-order valence-electron chi connectivity index (χ3n) is 2.92. The fourth-order valence-electron chi connectivity index (χ4n) is 1.64. The minimum Gasteiger partial charge on any atom is -0.291 e. The van der Waals surface area contributed by atoms with Crippen LogP contribution in [0.4, 0.5) is 0 Å². The summed E-state index contributed by atoms with van der Waals surface area (Å²) in [6.45, 7) is 5.79. The topological polar surface area (TPSA) is 34.1 Å². The maximum Gasteiger partial charge on any atom is 0.204 e. The van der Waals surface area contributed by atoms with Gasteiger partial charge in [0, 0.05) is 11.8 Å². The van der Waals surface area contributed by atoms with E-state index in [9.17, 15) is 9.59 Å². The van der Waals surface area contributed by atoms with E-state index in [1.807, 2.05) is 13.8 Å². The Bertz CT molecular complexity index is 212. The summed E-state index contributed by atoms with van der Waals surface area (Å²) >= 11 is 0. The van der Waals surface area contributed by atoms with Gasteiger partial charge < -0.3 is 0 Å². The van der Waals surface area contributed by atoms with E-state index in [1.165, 1.54) is 0 Å². The standard InChI is InChI=1S/C10H16O2/c1-4-8(11)9(12)10(5-6-10)7(2)3/h7H,4-6H2,1-3H3. The van der Waals surface area contributed by atoms with Crippen molar-refractivity contribution >= 4 is 11.6 Å². The van der Waals surface area contributed by atoms with Crippen molar-refractivity contribution in [3.63, 3.8) is 0 Å². The molecule has 0 aromatic rings. The minimum absolute atomic E-state index is 0.125. The van der Waals surface area contributed by atoms with E-state index in [2.05, 4.69) is 0 Å². The summed E-state index contributed by atoms with van der Waals surface area (Å²) in [6.07, 6.45) is 2.18. The molecular formula is C10H16O2. The SMILES string of the molecule is CCC(=O)C(=O)C1(C(C)C)CC1. The molecular weight excluding hydrogens is 152 g/mol. The average Bonchev–Trinajstić information content (AvgIpc) is 2.81. The molecule has 0 unspecified atom stereocenters. The Morgan fingerprint density at radius 1 is 1.33 bits per heavy atom. The lowest BCUT2D eigenvalue weighted by atomic mass is 9.85. The van der Waals surface area contributed by atoms with E-state index in [4.69, 9.17) is 0 Å². The lowest BCUT2D eigenvalue weighted by molar-refractivity contribution is -0.140. The van der Waals surface area contributed by atoms with E-state index in [0.29, 0.717) is 12.3 Å². The van der Waals surface area contributed by atoms with Crippen LogP contribution in [-0.4, -0.2) is 11.6 Å². The maximum atomic E-state index is 11.6. The fraction of sp³-hybridized carbons (Fsp3) is 0.800. The Morgan fingerprint density at radius 2 is 1.83 bits per heavy atom. The molecule has 0 amide bonds. The van der Waals surface area contributed by atoms with Crippen molar-refractivity contribution in [1.82, 2.24) is 0 Å². The van der Waals surface area contributed by atoms with Crippen LogP contribution in [0.5, 0.6) is 0 Å². The number of carbonyl (C=O) groups excluding carboxylic acids is 2. The van der Waals surface area contributed by atoms with Gasteiger partial charge in [0.15, 0.2) is 5.78 Å². The van der Waals surface area contributed by atoms with Crippen LogP contribution in [0, 0.1) is 11.3 Å². The lowest BCUT2D eigenvalue weighted by Crippen LogP contribution is -2.28. The molecule has 0 N–H and O–H groups in total. The zero-order valence-electron chi connectivity index (χ0n) is 8.02. The summed E-state index contributed by atoms with van der Waals surface area (Å²) < 4.78 is 0. The molecule has 0 saturated heterocycles. The molecule has 12 heavy (non-hydrogen) atoms. The molecule has 0 radical (unpaired) electrons. The molecule has 2 nitrogen and oxygen atoms in total. The molecule has 0 aliphatic heterocycles. The summed E-state index contributed by atoms with van der Waals surface area (Å²) in [5.74, 6) is 0.00157. The lowest BCUT2D eigenvalue weighted by Gasteiger charge is -2.16. The van der Waals surface area contributed by atoms with Crippen molar-refractivity contribution in [2.75, 3.05) is 0 Å². The van der Waals surface area contributed by atoms with Gasteiger partial charge >= 0.3 is 0 Å². The molecule has 1 aliphatic carbocycles. The molecule has 68 valence electrons. The van der Waals surface area contributed by atoms with Gasteiger partial charge in [0.1, 0.15) is 0 Å². The van der Waals surface area contributed by atoms with Gasteiger partial charge in [0.05, 0.1) is 0 Å². The first-order valence-corrected chi connectivity index (χ1v) is 4.62. The molecule has 0 aromatic heterocycles. The number of hydrogen-bond donors (Lipinski definition) is 0. The van der Waals surface area contributed by atoms with Gasteiger partial charge in [0.25, 0.3) is 0 Å². The predicted molar refractivity (Wildman–Crippen MR) is 46.8 cm³/mol. The number of carbonyl (C=O) groups is 2. The van der Waals surface area contributed by atoms with Crippen molar-refractivity contribution in [1.29, 1.82) is 0 Å². The Morgan fingerprint density at radius 3 is 2.08 bits per heavy atom. The molecule has 2 heteroatoms. The Kier molecular flexibility index (Phi) is 2.36. The highest BCUT2D eigenvalue weighted by molar-refractivity contribution is 6.39. The number of rotatable bonds is 4. The van der Waals surface area contributed by atoms with Gasteiger partial charge in [-0.1, -0.05) is 20.8 Å². The average molecular weight is 168 g/mol. The monoisotopic (exact) mass is 168 g/mol. The van der Waals surface area contributed by atoms with Crippen molar-refractivity contribution < 1.29 is 9.59 Å². The summed E-state index contributed by atoms with van der Waals surface area (Å²) in [5.41, 5.74) is -0.257. The number of hydrogen-bond acceptors (Lipinski definition) is 2. The molecule has 1 fully saturated rings. The molecule has 0 heterocycles. The third kappa shape index (κ3) is 1.30. The van der Waals surface area contributed by atoms with Gasteiger partial charge in [-0.3, -0.25) is 9.59 Å². The first-order valence-electron chi connectivity index (χ1n) is 4.62. The smallest absolute Gasteiger partial charge is 0.204 e. The van der Waals surface area contributed by atoms with Crippen LogP contribution in [0.25, 0.3) is 0 Å². The number of Topliss-reactive ketones (excluding diaryl/α,β-unsaturated/α-hetero) is 2. The summed E-state index contributed by atoms with van der Waals surface area (Å²) in [4.78, 5) is 22.7.